The van der Waals surface area contributed by atoms with E-state index in [2.05, 4.69) is 20.6 Å². The van der Waals surface area contributed by atoms with Gasteiger partial charge >= 0.3 is 6.09 Å². The molecule has 0 spiro atoms. The van der Waals surface area contributed by atoms with E-state index in [4.69, 9.17) is 4.74 Å². The Balaban J connectivity index is 1.27. The maximum Gasteiger partial charge on any atom is 0.414 e. The number of aromatic amines is 1. The van der Waals surface area contributed by atoms with Crippen LogP contribution < -0.4 is 20.4 Å². The number of carbonyl (C=O) groups excluding carboxylic acids is 3. The molecule has 1 aromatic carbocycles. The summed E-state index contributed by atoms with van der Waals surface area (Å²) in [4.78, 5) is 47.6. The quantitative estimate of drug-likeness (QED) is 0.509. The van der Waals surface area contributed by atoms with Crippen LogP contribution in [0.4, 0.5) is 20.6 Å². The number of carbonyl (C=O) groups is 3. The number of hydrogen-bond acceptors (Lipinski definition) is 7. The van der Waals surface area contributed by atoms with Gasteiger partial charge in [0.05, 0.1) is 49.6 Å². The molecule has 11 nitrogen and oxygen atoms in total. The Morgan fingerprint density at radius 3 is 2.71 bits per heavy atom. The number of piperazine rings is 1. The first-order chi connectivity index (χ1) is 16.4. The van der Waals surface area contributed by atoms with E-state index >= 15 is 0 Å². The Kier molecular flexibility index (Phi) is 7.26. The van der Waals surface area contributed by atoms with Crippen molar-refractivity contribution in [2.24, 2.45) is 0 Å². The van der Waals surface area contributed by atoms with Crippen LogP contribution in [0.25, 0.3) is 0 Å². The van der Waals surface area contributed by atoms with Crippen molar-refractivity contribution in [3.63, 3.8) is 0 Å². The molecule has 0 aliphatic carbocycles. The summed E-state index contributed by atoms with van der Waals surface area (Å²) in [6.45, 7) is 4.92. The molecule has 0 saturated carbocycles. The second kappa shape index (κ2) is 10.5. The van der Waals surface area contributed by atoms with E-state index in [9.17, 15) is 18.8 Å². The average Bonchev–Trinajstić information content (AvgIpc) is 3.46. The van der Waals surface area contributed by atoms with E-state index in [0.717, 1.165) is 5.69 Å². The molecule has 2 fully saturated rings. The maximum absolute atomic E-state index is 14.9. The molecule has 0 radical (unpaired) electrons. The zero-order chi connectivity index (χ0) is 24.1. The van der Waals surface area contributed by atoms with Crippen molar-refractivity contribution in [3.8, 4) is 0 Å². The molecule has 0 unspecified atom stereocenters. The van der Waals surface area contributed by atoms with E-state index in [1.807, 2.05) is 9.80 Å². The number of nitrogens with one attached hydrogen (secondary N) is 3. The highest BCUT2D eigenvalue weighted by Crippen LogP contribution is 2.28. The predicted molar refractivity (Wildman–Crippen MR) is 122 cm³/mol. The zero-order valence-corrected chi connectivity index (χ0v) is 18.9. The normalized spacial score (nSPS) is 18.6. The van der Waals surface area contributed by atoms with E-state index in [1.54, 1.807) is 24.7 Å². The largest absolute Gasteiger partial charge is 0.442 e. The van der Waals surface area contributed by atoms with Gasteiger partial charge in [0, 0.05) is 39.3 Å². The second-order valence-corrected chi connectivity index (χ2v) is 8.31. The number of aromatic nitrogens is 2. The number of ether oxygens (including phenoxy) is 1. The van der Waals surface area contributed by atoms with Crippen molar-refractivity contribution < 1.29 is 23.5 Å². The lowest BCUT2D eigenvalue weighted by molar-refractivity contribution is -0.122. The molecule has 4 rings (SSSR count). The topological polar surface area (TPSA) is 123 Å². The zero-order valence-electron chi connectivity index (χ0n) is 18.9. The summed E-state index contributed by atoms with van der Waals surface area (Å²) in [7, 11) is 0. The SMILES string of the molecule is CC(=O)NC[C@H]1CN(c2ccc(N3CCN(CC(=O)NCc4cnc[nH]4)CC3)c(F)c2)C(=O)O1. The van der Waals surface area contributed by atoms with Crippen molar-refractivity contribution in [3.05, 3.63) is 42.2 Å². The van der Waals surface area contributed by atoms with Gasteiger partial charge in [-0.1, -0.05) is 0 Å². The molecule has 2 aromatic rings. The molecule has 1 aromatic heterocycles. The molecule has 3 N–H and O–H groups in total. The monoisotopic (exact) mass is 473 g/mol. The van der Waals surface area contributed by atoms with Crippen LogP contribution in [0.15, 0.2) is 30.7 Å². The number of anilines is 2. The molecular formula is C22H28FN7O4. The van der Waals surface area contributed by atoms with Crippen LogP contribution in [0.3, 0.4) is 0 Å². The van der Waals surface area contributed by atoms with E-state index in [1.165, 1.54) is 17.9 Å². The van der Waals surface area contributed by atoms with E-state index < -0.39 is 18.0 Å². The summed E-state index contributed by atoms with van der Waals surface area (Å²) in [5.74, 6) is -0.714. The molecule has 2 saturated heterocycles. The van der Waals surface area contributed by atoms with Gasteiger partial charge in [0.25, 0.3) is 0 Å². The lowest BCUT2D eigenvalue weighted by Crippen LogP contribution is -2.49. The van der Waals surface area contributed by atoms with Crippen molar-refractivity contribution in [2.75, 3.05) is 55.6 Å². The van der Waals surface area contributed by atoms with Gasteiger partial charge in [-0.3, -0.25) is 19.4 Å². The molecule has 3 heterocycles. The highest BCUT2D eigenvalue weighted by Gasteiger charge is 2.33. The maximum atomic E-state index is 14.9. The number of hydrogen-bond donors (Lipinski definition) is 3. The minimum Gasteiger partial charge on any atom is -0.442 e. The highest BCUT2D eigenvalue weighted by molar-refractivity contribution is 5.90. The van der Waals surface area contributed by atoms with Gasteiger partial charge in [-0.2, -0.15) is 0 Å². The number of benzene rings is 1. The predicted octanol–water partition coefficient (Wildman–Crippen LogP) is 0.449. The molecule has 2 aliphatic heterocycles. The van der Waals surface area contributed by atoms with E-state index in [0.29, 0.717) is 44.1 Å². The minimum atomic E-state index is -0.568. The van der Waals surface area contributed by atoms with Crippen LogP contribution in [0.5, 0.6) is 0 Å². The number of rotatable bonds is 8. The number of nitrogens with zero attached hydrogens (tertiary/aromatic N) is 4. The Morgan fingerprint density at radius 1 is 1.24 bits per heavy atom. The van der Waals surface area contributed by atoms with Gasteiger partial charge in [0.15, 0.2) is 0 Å². The number of imidazole rings is 1. The number of halogens is 1. The average molecular weight is 474 g/mol. The molecule has 2 aliphatic rings. The Morgan fingerprint density at radius 2 is 2.03 bits per heavy atom. The van der Waals surface area contributed by atoms with Crippen molar-refractivity contribution >= 4 is 29.3 Å². The lowest BCUT2D eigenvalue weighted by Gasteiger charge is -2.36. The summed E-state index contributed by atoms with van der Waals surface area (Å²) >= 11 is 0. The second-order valence-electron chi connectivity index (χ2n) is 8.31. The van der Waals surface area contributed by atoms with Crippen LogP contribution in [0.1, 0.15) is 12.6 Å². The van der Waals surface area contributed by atoms with Crippen LogP contribution in [0, 0.1) is 5.82 Å². The summed E-state index contributed by atoms with van der Waals surface area (Å²) in [6, 6.07) is 4.67. The van der Waals surface area contributed by atoms with Gasteiger partial charge in [0.1, 0.15) is 11.9 Å². The van der Waals surface area contributed by atoms with Gasteiger partial charge in [-0.05, 0) is 18.2 Å². The Bertz CT molecular complexity index is 1020. The Labute approximate surface area is 196 Å². The van der Waals surface area contributed by atoms with E-state index in [-0.39, 0.29) is 31.4 Å². The molecule has 1 atom stereocenters. The van der Waals surface area contributed by atoms with Crippen LogP contribution >= 0.6 is 0 Å². The molecular weight excluding hydrogens is 445 g/mol. The molecule has 3 amide bonds. The van der Waals surface area contributed by atoms with Gasteiger partial charge in [0.2, 0.25) is 11.8 Å². The highest BCUT2D eigenvalue weighted by atomic mass is 19.1. The number of H-pyrrole nitrogens is 1. The summed E-state index contributed by atoms with van der Waals surface area (Å²) in [6.07, 6.45) is 2.18. The lowest BCUT2D eigenvalue weighted by atomic mass is 10.2. The molecule has 34 heavy (non-hydrogen) atoms. The van der Waals surface area contributed by atoms with Gasteiger partial charge in [-0.15, -0.1) is 0 Å². The summed E-state index contributed by atoms with van der Waals surface area (Å²) < 4.78 is 20.2. The van der Waals surface area contributed by atoms with Crippen molar-refractivity contribution in [1.29, 1.82) is 0 Å². The summed E-state index contributed by atoms with van der Waals surface area (Å²) in [5, 5.41) is 5.46. The third-order valence-corrected chi connectivity index (χ3v) is 5.81. The smallest absolute Gasteiger partial charge is 0.414 e. The fraction of sp³-hybridized carbons (Fsp3) is 0.455. The van der Waals surface area contributed by atoms with Gasteiger partial charge in [-0.25, -0.2) is 14.2 Å². The Hall–Kier alpha value is -3.67. The fourth-order valence-corrected chi connectivity index (χ4v) is 4.00. The van der Waals surface area contributed by atoms with Crippen LogP contribution in [0.2, 0.25) is 0 Å². The number of cyclic esters (lactones) is 1. The minimum absolute atomic E-state index is 0.0760. The fourth-order valence-electron chi connectivity index (χ4n) is 4.00. The van der Waals surface area contributed by atoms with Crippen LogP contribution in [-0.2, 0) is 20.9 Å². The molecule has 12 heteroatoms. The molecule has 0 bridgehead atoms. The third-order valence-electron chi connectivity index (χ3n) is 5.81. The summed E-state index contributed by atoms with van der Waals surface area (Å²) in [5.41, 5.74) is 1.70. The number of amides is 3. The first-order valence-electron chi connectivity index (χ1n) is 11.1. The first-order valence-corrected chi connectivity index (χ1v) is 11.1. The van der Waals surface area contributed by atoms with Crippen LogP contribution in [-0.4, -0.2) is 84.7 Å². The molecule has 182 valence electrons. The third kappa shape index (κ3) is 5.81. The van der Waals surface area contributed by atoms with Gasteiger partial charge < -0.3 is 25.3 Å². The standard InChI is InChI=1S/C22H28FN7O4/c1-15(31)25-11-18-12-30(22(33)34-18)17-2-3-20(19(23)8-17)29-6-4-28(5-7-29)13-21(32)26-10-16-9-24-14-27-16/h2-3,8-9,14,18H,4-7,10-13H2,1H3,(H,24,27)(H,25,31)(H,26,32)/t18-/m0/s1. The van der Waals surface area contributed by atoms with Crippen molar-refractivity contribution in [1.82, 2.24) is 25.5 Å². The first kappa shape index (κ1) is 23.5. The van der Waals surface area contributed by atoms with Crippen molar-refractivity contribution in [2.45, 2.75) is 19.6 Å².